The van der Waals surface area contributed by atoms with Crippen LogP contribution in [0.3, 0.4) is 0 Å². The summed E-state index contributed by atoms with van der Waals surface area (Å²) in [6.45, 7) is 0. The van der Waals surface area contributed by atoms with E-state index in [0.29, 0.717) is 0 Å². The van der Waals surface area contributed by atoms with E-state index in [4.69, 9.17) is 10.5 Å². The molecule has 3 aromatic rings. The Morgan fingerprint density at radius 2 is 0.833 bits per heavy atom. The zero-order valence-electron chi connectivity index (χ0n) is 23.2. The molecule has 5 rings (SSSR count). The predicted molar refractivity (Wildman–Crippen MR) is 150 cm³/mol. The molecular weight excluding hydrogens is 618 g/mol. The molecule has 214 valence electrons. The SMILES string of the molecule is N#CC(C#N)=C1C(c2cnc(C#N)nc2F)=C(C#N)c2c(C#N)c3c(c(C#N)c21)C(C#N)=C(c1cnc(C#N)nc1F)C3=C(C#N)C#N. The van der Waals surface area contributed by atoms with Gasteiger partial charge in [-0.2, -0.15) is 71.4 Å². The number of allylic oxidation sites excluding steroid dienone is 8. The molecule has 2 aliphatic carbocycles. The van der Waals surface area contributed by atoms with Crippen molar-refractivity contribution in [1.29, 1.82) is 52.6 Å². The van der Waals surface area contributed by atoms with E-state index in [-0.39, 0.29) is 0 Å². The largest absolute Gasteiger partial charge is 0.234 e. The minimum Gasteiger partial charge on any atom is -0.227 e. The van der Waals surface area contributed by atoms with Crippen molar-refractivity contribution in [3.63, 3.8) is 0 Å². The van der Waals surface area contributed by atoms with Crippen molar-refractivity contribution in [2.24, 2.45) is 0 Å². The van der Waals surface area contributed by atoms with Crippen molar-refractivity contribution in [2.45, 2.75) is 0 Å². The molecule has 0 aliphatic heterocycles. The molecule has 48 heavy (non-hydrogen) atoms. The van der Waals surface area contributed by atoms with Gasteiger partial charge in [0.05, 0.1) is 33.4 Å². The van der Waals surface area contributed by atoms with Gasteiger partial charge in [0.1, 0.15) is 71.8 Å². The maximum Gasteiger partial charge on any atom is 0.234 e. The lowest BCUT2D eigenvalue weighted by atomic mass is 9.82. The Morgan fingerprint density at radius 1 is 0.479 bits per heavy atom. The van der Waals surface area contributed by atoms with Crippen LogP contribution in [-0.2, 0) is 0 Å². The molecule has 0 N–H and O–H groups in total. The van der Waals surface area contributed by atoms with Crippen LogP contribution in [0.1, 0.15) is 56.2 Å². The van der Waals surface area contributed by atoms with Gasteiger partial charge in [-0.25, -0.2) is 9.97 Å². The van der Waals surface area contributed by atoms with Gasteiger partial charge in [0.15, 0.2) is 0 Å². The van der Waals surface area contributed by atoms with Crippen molar-refractivity contribution in [3.8, 4) is 60.7 Å². The van der Waals surface area contributed by atoms with Crippen LogP contribution >= 0.6 is 0 Å². The fourth-order valence-corrected chi connectivity index (χ4v) is 5.42. The summed E-state index contributed by atoms with van der Waals surface area (Å²) in [5.74, 6) is -3.97. The third-order valence-electron chi connectivity index (χ3n) is 7.12. The summed E-state index contributed by atoms with van der Waals surface area (Å²) in [6.07, 6.45) is 1.58. The van der Waals surface area contributed by atoms with E-state index in [2.05, 4.69) is 19.9 Å². The van der Waals surface area contributed by atoms with E-state index in [0.717, 1.165) is 12.4 Å². The molecule has 2 aromatic heterocycles. The molecule has 16 heteroatoms. The summed E-state index contributed by atoms with van der Waals surface area (Å²) in [7, 11) is 0. The van der Waals surface area contributed by atoms with E-state index in [1.165, 1.54) is 12.1 Å². The Bertz CT molecular complexity index is 2470. The van der Waals surface area contributed by atoms with E-state index >= 15 is 8.78 Å². The molecule has 0 fully saturated rings. The Morgan fingerprint density at radius 3 is 1.08 bits per heavy atom. The Kier molecular flexibility index (Phi) is 7.41. The van der Waals surface area contributed by atoms with Gasteiger partial charge in [0.25, 0.3) is 0 Å². The third kappa shape index (κ3) is 4.06. The molecule has 0 amide bonds. The second kappa shape index (κ2) is 11.6. The number of hydrogen-bond donors (Lipinski definition) is 0. The van der Waals surface area contributed by atoms with E-state index < -0.39 is 113 Å². The molecule has 0 saturated carbocycles. The molecule has 0 atom stereocenters. The van der Waals surface area contributed by atoms with Gasteiger partial charge >= 0.3 is 0 Å². The highest BCUT2D eigenvalue weighted by molar-refractivity contribution is 6.32. The highest BCUT2D eigenvalue weighted by atomic mass is 19.1. The Balaban J connectivity index is 2.11. The van der Waals surface area contributed by atoms with Gasteiger partial charge < -0.3 is 0 Å². The predicted octanol–water partition coefficient (Wildman–Crippen LogP) is 3.53. The number of benzene rings is 1. The maximum absolute atomic E-state index is 15.4. The second-order valence-electron chi connectivity index (χ2n) is 9.16. The molecule has 0 bridgehead atoms. The summed E-state index contributed by atoms with van der Waals surface area (Å²) < 4.78 is 30.8. The lowest BCUT2D eigenvalue weighted by Gasteiger charge is -2.15. The number of halogens is 2. The molecule has 0 unspecified atom stereocenters. The number of hydrogen-bond acceptors (Lipinski definition) is 14. The molecular formula is C32H2F2N14. The average Bonchev–Trinajstić information content (AvgIpc) is 3.61. The van der Waals surface area contributed by atoms with Crippen LogP contribution in [0.25, 0.3) is 33.4 Å². The van der Waals surface area contributed by atoms with Crippen LogP contribution in [0.15, 0.2) is 23.5 Å². The maximum atomic E-state index is 15.4. The van der Waals surface area contributed by atoms with Gasteiger partial charge in [0.2, 0.25) is 23.5 Å². The monoisotopic (exact) mass is 620 g/mol. The highest BCUT2D eigenvalue weighted by Crippen LogP contribution is 2.58. The molecule has 0 radical (unpaired) electrons. The van der Waals surface area contributed by atoms with Crippen molar-refractivity contribution in [2.75, 3.05) is 0 Å². The van der Waals surface area contributed by atoms with Gasteiger partial charge in [-0.3, -0.25) is 0 Å². The van der Waals surface area contributed by atoms with Crippen molar-refractivity contribution >= 4 is 33.4 Å². The van der Waals surface area contributed by atoms with Gasteiger partial charge in [0, 0.05) is 56.9 Å². The summed E-state index contributed by atoms with van der Waals surface area (Å²) in [5, 5.41) is 100.0. The van der Waals surface area contributed by atoms with Crippen LogP contribution in [0.2, 0.25) is 0 Å². The summed E-state index contributed by atoms with van der Waals surface area (Å²) in [5.41, 5.74) is -8.95. The summed E-state index contributed by atoms with van der Waals surface area (Å²) >= 11 is 0. The smallest absolute Gasteiger partial charge is 0.227 e. The van der Waals surface area contributed by atoms with Crippen LogP contribution in [0.4, 0.5) is 8.78 Å². The topological polar surface area (TPSA) is 289 Å². The number of rotatable bonds is 2. The van der Waals surface area contributed by atoms with Gasteiger partial charge in [-0.15, -0.1) is 0 Å². The lowest BCUT2D eigenvalue weighted by molar-refractivity contribution is 0.573. The zero-order valence-corrected chi connectivity index (χ0v) is 23.2. The van der Waals surface area contributed by atoms with Gasteiger partial charge in [-0.1, -0.05) is 0 Å². The Hall–Kier alpha value is -8.90. The first-order chi connectivity index (χ1) is 23.2. The van der Waals surface area contributed by atoms with E-state index in [1.807, 2.05) is 12.1 Å². The van der Waals surface area contributed by atoms with E-state index in [9.17, 15) is 42.1 Å². The summed E-state index contributed by atoms with van der Waals surface area (Å²) in [4.78, 5) is 14.2. The molecule has 0 saturated heterocycles. The first-order valence-corrected chi connectivity index (χ1v) is 12.5. The molecule has 1 aromatic carbocycles. The first-order valence-electron chi connectivity index (χ1n) is 12.5. The zero-order chi connectivity index (χ0) is 34.9. The van der Waals surface area contributed by atoms with Crippen molar-refractivity contribution < 1.29 is 8.78 Å². The van der Waals surface area contributed by atoms with Crippen LogP contribution in [0, 0.1) is 125 Å². The normalized spacial score (nSPS) is 11.9. The number of nitrogens with zero attached hydrogens (tertiary/aromatic N) is 14. The minimum absolute atomic E-state index is 0.443. The summed E-state index contributed by atoms with van der Waals surface area (Å²) in [6, 6.07) is 16.7. The van der Waals surface area contributed by atoms with Crippen LogP contribution in [-0.4, -0.2) is 19.9 Å². The molecule has 14 nitrogen and oxygen atoms in total. The van der Waals surface area contributed by atoms with Crippen LogP contribution in [0.5, 0.6) is 0 Å². The lowest BCUT2D eigenvalue weighted by Crippen LogP contribution is -2.05. The Labute approximate surface area is 266 Å². The number of aromatic nitrogens is 4. The first kappa shape index (κ1) is 30.6. The quantitative estimate of drug-likeness (QED) is 0.292. The molecule has 2 aliphatic rings. The number of fused-ring (bicyclic) bond motifs is 2. The van der Waals surface area contributed by atoms with Crippen molar-refractivity contribution in [1.82, 2.24) is 19.9 Å². The second-order valence-corrected chi connectivity index (χ2v) is 9.16. The average molecular weight is 620 g/mol. The molecule has 0 spiro atoms. The van der Waals surface area contributed by atoms with Crippen molar-refractivity contribution in [3.05, 3.63) is 91.6 Å². The highest BCUT2D eigenvalue weighted by Gasteiger charge is 2.44. The molecule has 2 heterocycles. The number of nitriles is 10. The fraction of sp³-hybridized carbons (Fsp3) is 0. The minimum atomic E-state index is -1.37. The van der Waals surface area contributed by atoms with Gasteiger partial charge in [-0.05, 0) is 0 Å². The standard InChI is InChI=1S/C32H2F2N14/c33-31-19(11-45-21(9-43)47-31)27-15(5-39)25-18(8-42)30-24(14(3-37)4-38)28(20-12-46-22(10-44)48-32(20)34)16(6-40)26(30)17(7-41)29(25)23(27)13(1-35)2-36/h11-12H. The third-order valence-corrected chi connectivity index (χ3v) is 7.12. The van der Waals surface area contributed by atoms with Crippen LogP contribution < -0.4 is 0 Å². The fourth-order valence-electron chi connectivity index (χ4n) is 5.42. The van der Waals surface area contributed by atoms with E-state index in [1.54, 1.807) is 36.4 Å².